The number of thioether (sulfide) groups is 3. The summed E-state index contributed by atoms with van der Waals surface area (Å²) in [6.45, 7) is 0.0220. The molecule has 0 aliphatic carbocycles. The highest BCUT2D eigenvalue weighted by Crippen LogP contribution is 2.41. The van der Waals surface area contributed by atoms with Gasteiger partial charge in [0.25, 0.3) is 5.91 Å². The minimum absolute atomic E-state index is 0.0151. The first kappa shape index (κ1) is 31.2. The van der Waals surface area contributed by atoms with Crippen molar-refractivity contribution in [3.63, 3.8) is 0 Å². The molecule has 2 aromatic rings. The fourth-order valence-corrected chi connectivity index (χ4v) is 7.72. The Balaban J connectivity index is 1.33. The topological polar surface area (TPSA) is 134 Å². The van der Waals surface area contributed by atoms with Gasteiger partial charge in [0.2, 0.25) is 18.2 Å². The zero-order valence-corrected chi connectivity index (χ0v) is 25.5. The Bertz CT molecular complexity index is 1420. The normalized spacial score (nSPS) is 17.9. The molecule has 15 heteroatoms. The van der Waals surface area contributed by atoms with Crippen molar-refractivity contribution in [2.45, 2.75) is 34.2 Å². The largest absolute Gasteiger partial charge is 0.477 e. The maximum atomic E-state index is 12.9. The number of Topliss-reactive ketones (excluding diaryl/α,β-unsaturated/α-hetero) is 1. The summed E-state index contributed by atoms with van der Waals surface area (Å²) in [5, 5.41) is 13.1. The van der Waals surface area contributed by atoms with E-state index in [-0.39, 0.29) is 36.1 Å². The molecule has 10 nitrogen and oxygen atoms in total. The van der Waals surface area contributed by atoms with Gasteiger partial charge in [-0.3, -0.25) is 24.1 Å². The van der Waals surface area contributed by atoms with E-state index >= 15 is 0 Å². The number of carbonyl (C=O) groups excluding carboxylic acids is 4. The number of ether oxygens (including phenoxy) is 1. The fraction of sp³-hybridized carbons (Fsp3) is 0.308. The first-order valence-corrected chi connectivity index (χ1v) is 15.8. The number of rotatable bonds is 12. The van der Waals surface area contributed by atoms with Crippen LogP contribution in [0.3, 0.4) is 0 Å². The van der Waals surface area contributed by atoms with Gasteiger partial charge in [0.05, 0.1) is 17.9 Å². The zero-order valence-electron chi connectivity index (χ0n) is 21.5. The van der Waals surface area contributed by atoms with Gasteiger partial charge in [0.1, 0.15) is 23.5 Å². The maximum absolute atomic E-state index is 12.9. The number of pyridine rings is 1. The Morgan fingerprint density at radius 2 is 1.90 bits per heavy atom. The number of aromatic nitrogens is 1. The molecule has 2 aliphatic heterocycles. The van der Waals surface area contributed by atoms with Crippen molar-refractivity contribution >= 4 is 88.0 Å². The number of aliphatic carboxylic acids is 1. The standard InChI is InChI=1S/C26H23Cl2N3O7S3/c1-38-21(34)9-16(32)10-30-6-4-17(5-7-30)39-11-14-12-41-25-22(24(35)31(25)23(14)26(36)37)29-20(33)13-40-19-8-15(27)2-3-18(19)28/h2-8,22,25H,9-13H2,1H3,(H-,29,33,36,37)/p+1/t22-,25-/m1/s1. The van der Waals surface area contributed by atoms with Crippen LogP contribution in [0.4, 0.5) is 0 Å². The van der Waals surface area contributed by atoms with Crippen LogP contribution in [0.25, 0.3) is 0 Å². The Labute approximate surface area is 258 Å². The van der Waals surface area contributed by atoms with Gasteiger partial charge in [-0.15, -0.1) is 35.3 Å². The van der Waals surface area contributed by atoms with Crippen LogP contribution in [-0.4, -0.2) is 75.3 Å². The maximum Gasteiger partial charge on any atom is 0.352 e. The lowest BCUT2D eigenvalue weighted by Gasteiger charge is -2.49. The number of nitrogens with one attached hydrogen (secondary N) is 1. The minimum atomic E-state index is -1.20. The van der Waals surface area contributed by atoms with Gasteiger partial charge < -0.3 is 15.2 Å². The van der Waals surface area contributed by atoms with Crippen LogP contribution in [0, 0.1) is 0 Å². The van der Waals surface area contributed by atoms with Crippen LogP contribution < -0.4 is 9.88 Å². The second kappa shape index (κ2) is 14.0. The van der Waals surface area contributed by atoms with Gasteiger partial charge >= 0.3 is 11.9 Å². The van der Waals surface area contributed by atoms with Crippen molar-refractivity contribution in [3.05, 3.63) is 64.0 Å². The molecule has 2 aliphatic rings. The summed E-state index contributed by atoms with van der Waals surface area (Å²) in [4.78, 5) is 63.5. The number of carbonyl (C=O) groups is 5. The number of hydrogen-bond acceptors (Lipinski definition) is 9. The quantitative estimate of drug-likeness (QED) is 0.115. The highest BCUT2D eigenvalue weighted by molar-refractivity contribution is 8.01. The van der Waals surface area contributed by atoms with Gasteiger partial charge in [-0.1, -0.05) is 23.2 Å². The number of carboxylic acids is 1. The number of β-lactam (4-membered cyclic amide) rings is 1. The Morgan fingerprint density at radius 1 is 1.17 bits per heavy atom. The van der Waals surface area contributed by atoms with E-state index < -0.39 is 29.3 Å². The number of halogens is 2. The molecular formula is C26H24Cl2N3O7S3+. The molecule has 41 heavy (non-hydrogen) atoms. The number of benzene rings is 1. The highest BCUT2D eigenvalue weighted by Gasteiger charge is 2.54. The van der Waals surface area contributed by atoms with E-state index in [4.69, 9.17) is 23.2 Å². The van der Waals surface area contributed by atoms with E-state index in [2.05, 4.69) is 10.1 Å². The summed E-state index contributed by atoms with van der Waals surface area (Å²) in [6, 6.07) is 7.68. The summed E-state index contributed by atoms with van der Waals surface area (Å²) in [5.74, 6) is -2.19. The second-order valence-electron chi connectivity index (χ2n) is 8.86. The molecule has 0 radical (unpaired) electrons. The Kier molecular flexibility index (Phi) is 10.6. The molecule has 0 spiro atoms. The van der Waals surface area contributed by atoms with Crippen molar-refractivity contribution in [3.8, 4) is 0 Å². The van der Waals surface area contributed by atoms with Crippen molar-refractivity contribution in [1.82, 2.24) is 10.2 Å². The van der Waals surface area contributed by atoms with Crippen LogP contribution in [0.2, 0.25) is 10.0 Å². The van der Waals surface area contributed by atoms with Crippen LogP contribution in [0.1, 0.15) is 6.42 Å². The third-order valence-electron chi connectivity index (χ3n) is 6.02. The number of amides is 2. The summed E-state index contributed by atoms with van der Waals surface area (Å²) in [6.07, 6.45) is 3.09. The predicted molar refractivity (Wildman–Crippen MR) is 156 cm³/mol. The summed E-state index contributed by atoms with van der Waals surface area (Å²) >= 11 is 16.1. The van der Waals surface area contributed by atoms with E-state index in [1.165, 1.54) is 47.3 Å². The van der Waals surface area contributed by atoms with Crippen molar-refractivity contribution in [2.75, 3.05) is 24.4 Å². The molecule has 1 fully saturated rings. The molecular weight excluding hydrogens is 633 g/mol. The molecule has 1 aromatic heterocycles. The monoisotopic (exact) mass is 656 g/mol. The lowest BCUT2D eigenvalue weighted by Crippen LogP contribution is -2.70. The van der Waals surface area contributed by atoms with E-state index in [1.807, 2.05) is 0 Å². The van der Waals surface area contributed by atoms with Gasteiger partial charge in [0, 0.05) is 38.5 Å². The molecule has 0 unspecified atom stereocenters. The van der Waals surface area contributed by atoms with Gasteiger partial charge in [-0.25, -0.2) is 4.79 Å². The number of nitrogens with zero attached hydrogens (tertiary/aromatic N) is 2. The summed E-state index contributed by atoms with van der Waals surface area (Å²) in [7, 11) is 1.22. The zero-order chi connectivity index (χ0) is 29.7. The Morgan fingerprint density at radius 3 is 2.59 bits per heavy atom. The SMILES string of the molecule is COC(=O)CC(=O)C[n+]1ccc(SCC2=C(C(=O)O)N3C(=O)[C@@H](NC(=O)CSc4cc(Cl)ccc4Cl)[C@H]3SC2)cc1. The molecule has 2 N–H and O–H groups in total. The van der Waals surface area contributed by atoms with Crippen molar-refractivity contribution in [2.24, 2.45) is 0 Å². The second-order valence-corrected chi connectivity index (χ2v) is 12.9. The lowest BCUT2D eigenvalue weighted by atomic mass is 10.0. The molecule has 1 aromatic carbocycles. The van der Waals surface area contributed by atoms with Crippen molar-refractivity contribution < 1.29 is 38.4 Å². The minimum Gasteiger partial charge on any atom is -0.477 e. The predicted octanol–water partition coefficient (Wildman–Crippen LogP) is 3.04. The van der Waals surface area contributed by atoms with Crippen LogP contribution >= 0.6 is 58.5 Å². The molecule has 0 bridgehead atoms. The molecule has 2 atom stereocenters. The molecule has 3 heterocycles. The van der Waals surface area contributed by atoms with Crippen LogP contribution in [0.15, 0.2) is 63.8 Å². The number of fused-ring (bicyclic) bond motifs is 1. The van der Waals surface area contributed by atoms with Crippen LogP contribution in [0.5, 0.6) is 0 Å². The smallest absolute Gasteiger partial charge is 0.352 e. The summed E-state index contributed by atoms with van der Waals surface area (Å²) in [5.41, 5.74) is 0.536. The van der Waals surface area contributed by atoms with Gasteiger partial charge in [-0.05, 0) is 23.8 Å². The van der Waals surface area contributed by atoms with E-state index in [0.29, 0.717) is 32.0 Å². The molecule has 2 amide bonds. The fourth-order valence-electron chi connectivity index (χ4n) is 4.05. The first-order valence-electron chi connectivity index (χ1n) is 12.0. The molecule has 1 saturated heterocycles. The number of methoxy groups -OCH3 is 1. The molecule has 216 valence electrons. The third kappa shape index (κ3) is 7.77. The first-order chi connectivity index (χ1) is 19.6. The molecule has 4 rings (SSSR count). The molecule has 0 saturated carbocycles. The third-order valence-corrected chi connectivity index (χ3v) is 10.2. The lowest BCUT2D eigenvalue weighted by molar-refractivity contribution is -0.684. The van der Waals surface area contributed by atoms with E-state index in [1.54, 1.807) is 47.3 Å². The average molecular weight is 658 g/mol. The summed E-state index contributed by atoms with van der Waals surface area (Å²) < 4.78 is 6.13. The van der Waals surface area contributed by atoms with Gasteiger partial charge in [-0.2, -0.15) is 4.57 Å². The van der Waals surface area contributed by atoms with Crippen molar-refractivity contribution in [1.29, 1.82) is 0 Å². The number of carboxylic acid groups (broad SMARTS) is 1. The number of hydrogen-bond donors (Lipinski definition) is 2. The number of ketones is 1. The van der Waals surface area contributed by atoms with Gasteiger partial charge in [0.15, 0.2) is 12.4 Å². The average Bonchev–Trinajstić information content (AvgIpc) is 2.95. The Hall–Kier alpha value is -2.71. The van der Waals surface area contributed by atoms with Crippen LogP contribution in [-0.2, 0) is 35.3 Å². The highest BCUT2D eigenvalue weighted by atomic mass is 35.5. The van der Waals surface area contributed by atoms with E-state index in [9.17, 15) is 29.1 Å². The van der Waals surface area contributed by atoms with E-state index in [0.717, 1.165) is 4.90 Å². The number of esters is 1.